The maximum Gasteiger partial charge on any atom is 0.195 e. The van der Waals surface area contributed by atoms with Crippen LogP contribution < -0.4 is 22.1 Å². The summed E-state index contributed by atoms with van der Waals surface area (Å²) in [5, 5.41) is 6.52. The van der Waals surface area contributed by atoms with Crippen LogP contribution in [-0.2, 0) is 0 Å². The summed E-state index contributed by atoms with van der Waals surface area (Å²) < 4.78 is 0. The molecule has 0 saturated carbocycles. The number of hydrogen-bond acceptors (Lipinski definition) is 7. The number of aromatic nitrogens is 2. The molecule has 3 aromatic carbocycles. The third-order valence-corrected chi connectivity index (χ3v) is 5.74. The van der Waals surface area contributed by atoms with Crippen LogP contribution in [0.2, 0.25) is 0 Å². The van der Waals surface area contributed by atoms with Gasteiger partial charge in [-0.3, -0.25) is 4.79 Å². The van der Waals surface area contributed by atoms with Gasteiger partial charge >= 0.3 is 0 Å². The molecule has 5 rings (SSSR count). The Kier molecular flexibility index (Phi) is 6.27. The summed E-state index contributed by atoms with van der Waals surface area (Å²) >= 11 is 0. The molecule has 0 amide bonds. The average molecular weight is 473 g/mol. The minimum Gasteiger partial charge on any atom is -0.396 e. The lowest BCUT2D eigenvalue weighted by Gasteiger charge is -2.17. The quantitative estimate of drug-likeness (QED) is 0.214. The van der Waals surface area contributed by atoms with Crippen molar-refractivity contribution in [2.45, 2.75) is 0 Å². The molecule has 5 aromatic rings. The molecule has 0 aliphatic heterocycles. The Bertz CT molecular complexity index is 1550. The van der Waals surface area contributed by atoms with Crippen LogP contribution >= 0.6 is 0 Å². The molecule has 6 N–H and O–H groups in total. The Hall–Kier alpha value is -5.17. The van der Waals surface area contributed by atoms with Gasteiger partial charge in [0, 0.05) is 34.8 Å². The second-order valence-electron chi connectivity index (χ2n) is 8.10. The fraction of sp³-hybridized carbons (Fsp3) is 0. The summed E-state index contributed by atoms with van der Waals surface area (Å²) in [6.07, 6.45) is 3.33. The van der Waals surface area contributed by atoms with Crippen molar-refractivity contribution in [1.82, 2.24) is 9.97 Å². The van der Waals surface area contributed by atoms with Crippen molar-refractivity contribution >= 4 is 40.2 Å². The number of carbonyl (C=O) groups is 1. The molecule has 0 fully saturated rings. The number of rotatable bonds is 7. The van der Waals surface area contributed by atoms with E-state index in [1.807, 2.05) is 66.7 Å². The van der Waals surface area contributed by atoms with Gasteiger partial charge in [0.2, 0.25) is 0 Å². The van der Waals surface area contributed by atoms with Crippen LogP contribution in [0.1, 0.15) is 15.9 Å². The van der Waals surface area contributed by atoms with E-state index in [0.717, 1.165) is 16.8 Å². The van der Waals surface area contributed by atoms with Gasteiger partial charge < -0.3 is 22.1 Å². The van der Waals surface area contributed by atoms with Crippen molar-refractivity contribution < 1.29 is 4.79 Å². The third kappa shape index (κ3) is 4.58. The van der Waals surface area contributed by atoms with Crippen LogP contribution in [0.5, 0.6) is 0 Å². The van der Waals surface area contributed by atoms with Crippen molar-refractivity contribution in [2.24, 2.45) is 0 Å². The van der Waals surface area contributed by atoms with E-state index < -0.39 is 0 Å². The molecule has 0 unspecified atom stereocenters. The van der Waals surface area contributed by atoms with Gasteiger partial charge in [0.05, 0.1) is 17.1 Å². The lowest BCUT2D eigenvalue weighted by atomic mass is 9.92. The van der Waals surface area contributed by atoms with E-state index in [1.54, 1.807) is 42.7 Å². The largest absolute Gasteiger partial charge is 0.396 e. The lowest BCUT2D eigenvalue weighted by molar-refractivity contribution is 0.104. The lowest BCUT2D eigenvalue weighted by Crippen LogP contribution is -2.08. The van der Waals surface area contributed by atoms with E-state index in [4.69, 9.17) is 11.5 Å². The number of anilines is 6. The van der Waals surface area contributed by atoms with Crippen molar-refractivity contribution in [3.63, 3.8) is 0 Å². The Morgan fingerprint density at radius 1 is 0.556 bits per heavy atom. The maximum atomic E-state index is 13.9. The van der Waals surface area contributed by atoms with Crippen LogP contribution in [0.3, 0.4) is 0 Å². The molecule has 2 aromatic heterocycles. The molecule has 0 aliphatic rings. The molecule has 36 heavy (non-hydrogen) atoms. The topological polar surface area (TPSA) is 119 Å². The predicted octanol–water partition coefficient (Wildman–Crippen LogP) is 6.03. The molecule has 0 atom stereocenters. The summed E-state index contributed by atoms with van der Waals surface area (Å²) in [5.41, 5.74) is 17.3. The predicted molar refractivity (Wildman–Crippen MR) is 146 cm³/mol. The first-order valence-corrected chi connectivity index (χ1v) is 11.4. The Labute approximate surface area is 208 Å². The average Bonchev–Trinajstić information content (AvgIpc) is 2.91. The van der Waals surface area contributed by atoms with E-state index in [1.165, 1.54) is 0 Å². The standard InChI is InChI=1S/C29H24N6O/c30-23-13-7-17-32-28(23)34-25-15-5-3-10-20(25)19-9-1-2-11-21(19)27(36)22-12-4-6-16-26(22)35-29-24(31)14-8-18-33-29/h1-18H,30-31H2,(H,32,34)(H,33,35). The van der Waals surface area contributed by atoms with Crippen LogP contribution in [0.4, 0.5) is 34.4 Å². The Morgan fingerprint density at radius 2 is 1.06 bits per heavy atom. The molecule has 0 saturated heterocycles. The van der Waals surface area contributed by atoms with E-state index in [0.29, 0.717) is 39.8 Å². The molecule has 0 radical (unpaired) electrons. The fourth-order valence-electron chi connectivity index (χ4n) is 3.98. The summed E-state index contributed by atoms with van der Waals surface area (Å²) in [4.78, 5) is 22.6. The Morgan fingerprint density at radius 3 is 1.69 bits per heavy atom. The number of nitrogens with two attached hydrogens (primary N) is 2. The smallest absolute Gasteiger partial charge is 0.195 e. The van der Waals surface area contributed by atoms with Gasteiger partial charge in [-0.1, -0.05) is 54.6 Å². The molecule has 0 aliphatic carbocycles. The monoisotopic (exact) mass is 472 g/mol. The van der Waals surface area contributed by atoms with Crippen LogP contribution in [0.25, 0.3) is 11.1 Å². The number of nitrogen functional groups attached to an aromatic ring is 2. The molecule has 7 nitrogen and oxygen atoms in total. The number of nitrogens with one attached hydrogen (secondary N) is 2. The SMILES string of the molecule is Nc1cccnc1Nc1ccccc1C(=O)c1ccccc1-c1ccccc1Nc1ncccc1N. The molecular weight excluding hydrogens is 448 g/mol. The molecule has 7 heteroatoms. The zero-order chi connectivity index (χ0) is 24.9. The van der Waals surface area contributed by atoms with Gasteiger partial charge in [0.15, 0.2) is 17.4 Å². The number of nitrogens with zero attached hydrogens (tertiary/aromatic N) is 2. The highest BCUT2D eigenvalue weighted by molar-refractivity contribution is 6.16. The van der Waals surface area contributed by atoms with Crippen molar-refractivity contribution in [3.05, 3.63) is 121 Å². The summed E-state index contributed by atoms with van der Waals surface area (Å²) in [6.45, 7) is 0. The fourth-order valence-corrected chi connectivity index (χ4v) is 3.98. The summed E-state index contributed by atoms with van der Waals surface area (Å²) in [6, 6.07) is 29.7. The molecule has 176 valence electrons. The molecular formula is C29H24N6O. The summed E-state index contributed by atoms with van der Waals surface area (Å²) in [5.74, 6) is 0.917. The highest BCUT2D eigenvalue weighted by atomic mass is 16.1. The van der Waals surface area contributed by atoms with Crippen LogP contribution in [0.15, 0.2) is 109 Å². The zero-order valence-corrected chi connectivity index (χ0v) is 19.3. The number of para-hydroxylation sites is 2. The first-order valence-electron chi connectivity index (χ1n) is 11.4. The number of carbonyl (C=O) groups excluding carboxylic acids is 1. The second kappa shape index (κ2) is 9.99. The zero-order valence-electron chi connectivity index (χ0n) is 19.3. The highest BCUT2D eigenvalue weighted by Gasteiger charge is 2.19. The first-order chi connectivity index (χ1) is 17.6. The Balaban J connectivity index is 1.55. The van der Waals surface area contributed by atoms with Crippen molar-refractivity contribution in [2.75, 3.05) is 22.1 Å². The van der Waals surface area contributed by atoms with Gasteiger partial charge in [0.1, 0.15) is 0 Å². The van der Waals surface area contributed by atoms with Crippen LogP contribution in [0, 0.1) is 0 Å². The first kappa shape index (κ1) is 22.6. The van der Waals surface area contributed by atoms with Gasteiger partial charge in [-0.2, -0.15) is 0 Å². The normalized spacial score (nSPS) is 10.6. The van der Waals surface area contributed by atoms with E-state index in [9.17, 15) is 4.79 Å². The van der Waals surface area contributed by atoms with Gasteiger partial charge in [-0.15, -0.1) is 0 Å². The highest BCUT2D eigenvalue weighted by Crippen LogP contribution is 2.35. The maximum absolute atomic E-state index is 13.9. The molecule has 0 bridgehead atoms. The third-order valence-electron chi connectivity index (χ3n) is 5.74. The molecule has 2 heterocycles. The second-order valence-corrected chi connectivity index (χ2v) is 8.10. The van der Waals surface area contributed by atoms with Gasteiger partial charge in [0.25, 0.3) is 0 Å². The summed E-state index contributed by atoms with van der Waals surface area (Å²) in [7, 11) is 0. The van der Waals surface area contributed by atoms with E-state index in [-0.39, 0.29) is 5.78 Å². The van der Waals surface area contributed by atoms with E-state index >= 15 is 0 Å². The number of pyridine rings is 2. The van der Waals surface area contributed by atoms with Gasteiger partial charge in [-0.25, -0.2) is 9.97 Å². The number of benzene rings is 3. The van der Waals surface area contributed by atoms with Crippen molar-refractivity contribution in [1.29, 1.82) is 0 Å². The number of ketones is 1. The minimum absolute atomic E-state index is 0.129. The molecule has 0 spiro atoms. The van der Waals surface area contributed by atoms with Gasteiger partial charge in [-0.05, 0) is 48.0 Å². The van der Waals surface area contributed by atoms with E-state index in [2.05, 4.69) is 20.6 Å². The number of hydrogen-bond donors (Lipinski definition) is 4. The van der Waals surface area contributed by atoms with Crippen LogP contribution in [-0.4, -0.2) is 15.8 Å². The van der Waals surface area contributed by atoms with Crippen molar-refractivity contribution in [3.8, 4) is 11.1 Å². The minimum atomic E-state index is -0.129.